The summed E-state index contributed by atoms with van der Waals surface area (Å²) in [5, 5.41) is 2.72. The second-order valence-electron chi connectivity index (χ2n) is 5.57. The molecule has 3 N–H and O–H groups in total. The average Bonchev–Trinajstić information content (AvgIpc) is 3.19. The summed E-state index contributed by atoms with van der Waals surface area (Å²) in [6, 6.07) is 4.96. The number of amides is 1. The molecule has 0 bridgehead atoms. The Labute approximate surface area is 131 Å². The third-order valence-electron chi connectivity index (χ3n) is 3.82. The zero-order valence-electron chi connectivity index (χ0n) is 12.4. The van der Waals surface area contributed by atoms with Gasteiger partial charge in [-0.25, -0.2) is 4.39 Å². The minimum absolute atomic E-state index is 0. The molecule has 0 radical (unpaired) electrons. The van der Waals surface area contributed by atoms with Crippen LogP contribution in [0.5, 0.6) is 0 Å². The van der Waals surface area contributed by atoms with Crippen molar-refractivity contribution < 1.29 is 9.18 Å². The lowest BCUT2D eigenvalue weighted by Crippen LogP contribution is -2.43. The molecule has 4 nitrogen and oxygen atoms in total. The number of carbonyl (C=O) groups is 1. The van der Waals surface area contributed by atoms with Crippen LogP contribution in [0.2, 0.25) is 0 Å². The Balaban J connectivity index is 0.00000220. The van der Waals surface area contributed by atoms with Crippen LogP contribution >= 0.6 is 12.4 Å². The molecule has 1 saturated carbocycles. The van der Waals surface area contributed by atoms with Gasteiger partial charge in [0.1, 0.15) is 5.82 Å². The Bertz CT molecular complexity index is 494. The molecule has 1 amide bonds. The fourth-order valence-corrected chi connectivity index (χ4v) is 2.43. The van der Waals surface area contributed by atoms with Crippen molar-refractivity contribution in [3.05, 3.63) is 29.6 Å². The van der Waals surface area contributed by atoms with E-state index in [2.05, 4.69) is 5.32 Å². The average molecular weight is 316 g/mol. The Morgan fingerprint density at radius 3 is 2.71 bits per heavy atom. The lowest BCUT2D eigenvalue weighted by Gasteiger charge is -2.26. The van der Waals surface area contributed by atoms with Gasteiger partial charge in [0, 0.05) is 18.3 Å². The van der Waals surface area contributed by atoms with Gasteiger partial charge in [-0.05, 0) is 50.4 Å². The lowest BCUT2D eigenvalue weighted by molar-refractivity contribution is -0.117. The predicted molar refractivity (Wildman–Crippen MR) is 85.2 cm³/mol. The van der Waals surface area contributed by atoms with E-state index in [9.17, 15) is 9.18 Å². The molecule has 1 atom stereocenters. The predicted octanol–water partition coefficient (Wildman–Crippen LogP) is 2.16. The molecule has 6 heteroatoms. The molecule has 2 rings (SSSR count). The van der Waals surface area contributed by atoms with Gasteiger partial charge in [0.15, 0.2) is 0 Å². The molecule has 0 aromatic heterocycles. The van der Waals surface area contributed by atoms with Crippen molar-refractivity contribution in [2.24, 2.45) is 11.7 Å². The number of benzene rings is 1. The van der Waals surface area contributed by atoms with Crippen molar-refractivity contribution in [3.63, 3.8) is 0 Å². The van der Waals surface area contributed by atoms with Crippen molar-refractivity contribution in [1.29, 1.82) is 0 Å². The third kappa shape index (κ3) is 4.95. The number of rotatable bonds is 6. The summed E-state index contributed by atoms with van der Waals surface area (Å²) >= 11 is 0. The first-order chi connectivity index (χ1) is 9.51. The Morgan fingerprint density at radius 2 is 2.19 bits per heavy atom. The van der Waals surface area contributed by atoms with Gasteiger partial charge >= 0.3 is 0 Å². The first-order valence-electron chi connectivity index (χ1n) is 6.97. The number of anilines is 1. The molecule has 1 aliphatic carbocycles. The fraction of sp³-hybridized carbons (Fsp3) is 0.533. The molecule has 118 valence electrons. The highest BCUT2D eigenvalue weighted by Crippen LogP contribution is 2.34. The molecule has 1 aromatic carbocycles. The molecule has 0 aliphatic heterocycles. The molecule has 0 spiro atoms. The molecular formula is C15H23ClFN3O. The van der Waals surface area contributed by atoms with Gasteiger partial charge in [-0.1, -0.05) is 6.07 Å². The van der Waals surface area contributed by atoms with Crippen LogP contribution in [0.15, 0.2) is 18.2 Å². The summed E-state index contributed by atoms with van der Waals surface area (Å²) < 4.78 is 13.4. The molecule has 21 heavy (non-hydrogen) atoms. The number of aryl methyl sites for hydroxylation is 1. The maximum absolute atomic E-state index is 13.4. The van der Waals surface area contributed by atoms with Crippen molar-refractivity contribution in [2.75, 3.05) is 25.5 Å². The Morgan fingerprint density at radius 1 is 1.52 bits per heavy atom. The highest BCUT2D eigenvalue weighted by atomic mass is 35.5. The van der Waals surface area contributed by atoms with E-state index >= 15 is 0 Å². The molecule has 1 fully saturated rings. The minimum Gasteiger partial charge on any atom is -0.329 e. The fourth-order valence-electron chi connectivity index (χ4n) is 2.43. The van der Waals surface area contributed by atoms with Crippen LogP contribution in [0, 0.1) is 18.7 Å². The molecular weight excluding hydrogens is 293 g/mol. The zero-order valence-corrected chi connectivity index (χ0v) is 13.3. The summed E-state index contributed by atoms with van der Waals surface area (Å²) in [6.07, 6.45) is 2.38. The monoisotopic (exact) mass is 315 g/mol. The standard InChI is InChI=1S/C15H22FN3O.ClH/c1-10-3-6-12(7-13(10)16)18-15(20)9-19(2)14(8-17)11-4-5-11;/h3,6-7,11,14H,4-5,8-9,17H2,1-2H3,(H,18,20);1H. The van der Waals surface area contributed by atoms with Crippen LogP contribution < -0.4 is 11.1 Å². The van der Waals surface area contributed by atoms with Crippen LogP contribution in [0.1, 0.15) is 18.4 Å². The maximum atomic E-state index is 13.4. The van der Waals surface area contributed by atoms with Gasteiger partial charge in [-0.3, -0.25) is 9.69 Å². The highest BCUT2D eigenvalue weighted by molar-refractivity contribution is 5.92. The van der Waals surface area contributed by atoms with E-state index in [1.54, 1.807) is 19.1 Å². The SMILES string of the molecule is Cc1ccc(NC(=O)CN(C)C(CN)C2CC2)cc1F.Cl. The summed E-state index contributed by atoms with van der Waals surface area (Å²) in [7, 11) is 1.91. The quantitative estimate of drug-likeness (QED) is 0.846. The van der Waals surface area contributed by atoms with Gasteiger partial charge < -0.3 is 11.1 Å². The van der Waals surface area contributed by atoms with E-state index in [0.717, 1.165) is 0 Å². The van der Waals surface area contributed by atoms with E-state index < -0.39 is 0 Å². The first-order valence-corrected chi connectivity index (χ1v) is 6.97. The summed E-state index contributed by atoms with van der Waals surface area (Å²) in [5.41, 5.74) is 6.81. The van der Waals surface area contributed by atoms with Crippen molar-refractivity contribution in [1.82, 2.24) is 4.90 Å². The minimum atomic E-state index is -0.311. The largest absolute Gasteiger partial charge is 0.329 e. The number of likely N-dealkylation sites (N-methyl/N-ethyl adjacent to an activating group) is 1. The van der Waals surface area contributed by atoms with Crippen molar-refractivity contribution in [3.8, 4) is 0 Å². The molecule has 0 saturated heterocycles. The number of nitrogens with zero attached hydrogens (tertiary/aromatic N) is 1. The number of hydrogen-bond acceptors (Lipinski definition) is 3. The summed E-state index contributed by atoms with van der Waals surface area (Å²) in [5.74, 6) is 0.165. The van der Waals surface area contributed by atoms with Crippen LogP contribution in [0.4, 0.5) is 10.1 Å². The number of nitrogens with one attached hydrogen (secondary N) is 1. The van der Waals surface area contributed by atoms with E-state index in [1.165, 1.54) is 18.9 Å². The normalized spacial score (nSPS) is 15.5. The lowest BCUT2D eigenvalue weighted by atomic mass is 10.1. The van der Waals surface area contributed by atoms with E-state index in [0.29, 0.717) is 23.7 Å². The number of carbonyl (C=O) groups excluding carboxylic acids is 1. The van der Waals surface area contributed by atoms with E-state index in [4.69, 9.17) is 5.73 Å². The van der Waals surface area contributed by atoms with Gasteiger partial charge in [-0.2, -0.15) is 0 Å². The van der Waals surface area contributed by atoms with Crippen LogP contribution in [-0.2, 0) is 4.79 Å². The van der Waals surface area contributed by atoms with Crippen LogP contribution in [0.25, 0.3) is 0 Å². The van der Waals surface area contributed by atoms with Gasteiger partial charge in [0.2, 0.25) is 5.91 Å². The van der Waals surface area contributed by atoms with Gasteiger partial charge in [0.05, 0.1) is 6.54 Å². The molecule has 1 aliphatic rings. The Hall–Kier alpha value is -1.17. The smallest absolute Gasteiger partial charge is 0.238 e. The molecule has 0 heterocycles. The molecule has 1 unspecified atom stereocenters. The van der Waals surface area contributed by atoms with Crippen molar-refractivity contribution in [2.45, 2.75) is 25.8 Å². The highest BCUT2D eigenvalue weighted by Gasteiger charge is 2.33. The maximum Gasteiger partial charge on any atom is 0.238 e. The number of halogens is 2. The second-order valence-corrected chi connectivity index (χ2v) is 5.57. The topological polar surface area (TPSA) is 58.4 Å². The second kappa shape index (κ2) is 7.73. The first kappa shape index (κ1) is 17.9. The summed E-state index contributed by atoms with van der Waals surface area (Å²) in [4.78, 5) is 14.0. The van der Waals surface area contributed by atoms with Crippen LogP contribution in [0.3, 0.4) is 0 Å². The van der Waals surface area contributed by atoms with E-state index in [1.807, 2.05) is 11.9 Å². The van der Waals surface area contributed by atoms with Crippen LogP contribution in [-0.4, -0.2) is 37.0 Å². The van der Waals surface area contributed by atoms with Crippen molar-refractivity contribution >= 4 is 24.0 Å². The van der Waals surface area contributed by atoms with Gasteiger partial charge in [-0.15, -0.1) is 12.4 Å². The number of nitrogens with two attached hydrogens (primary N) is 1. The van der Waals surface area contributed by atoms with E-state index in [-0.39, 0.29) is 36.7 Å². The Kier molecular flexibility index (Phi) is 6.58. The third-order valence-corrected chi connectivity index (χ3v) is 3.82. The van der Waals surface area contributed by atoms with Gasteiger partial charge in [0.25, 0.3) is 0 Å². The number of hydrogen-bond donors (Lipinski definition) is 2. The zero-order chi connectivity index (χ0) is 14.7. The summed E-state index contributed by atoms with van der Waals surface area (Å²) in [6.45, 7) is 2.53. The molecule has 1 aromatic rings.